The van der Waals surface area contributed by atoms with Crippen molar-refractivity contribution < 1.29 is 14.5 Å². The number of nitro benzene ring substituents is 1. The summed E-state index contributed by atoms with van der Waals surface area (Å²) in [5.41, 5.74) is 4.48. The Morgan fingerprint density at radius 3 is 2.77 bits per heavy atom. The summed E-state index contributed by atoms with van der Waals surface area (Å²) in [7, 11) is 0. The SMILES string of the molecule is Cc1cc(C)c(OCC(=O)NN=Cc2ccc(Cl)c([N+](=O)[O-])c2)c(Br)c1. The highest BCUT2D eigenvalue weighted by Gasteiger charge is 2.12. The number of hydrazone groups is 1. The molecule has 2 aromatic rings. The van der Waals surface area contributed by atoms with Crippen molar-refractivity contribution in [3.05, 3.63) is 66.6 Å². The largest absolute Gasteiger partial charge is 0.482 e. The highest BCUT2D eigenvalue weighted by atomic mass is 79.9. The van der Waals surface area contributed by atoms with E-state index in [4.69, 9.17) is 16.3 Å². The van der Waals surface area contributed by atoms with E-state index in [1.165, 1.54) is 18.3 Å². The molecular formula is C17H15BrClN3O4. The van der Waals surface area contributed by atoms with E-state index >= 15 is 0 Å². The molecule has 0 aliphatic carbocycles. The van der Waals surface area contributed by atoms with Crippen LogP contribution in [0.1, 0.15) is 16.7 Å². The van der Waals surface area contributed by atoms with E-state index in [2.05, 4.69) is 26.5 Å². The van der Waals surface area contributed by atoms with Crippen molar-refractivity contribution in [3.8, 4) is 5.75 Å². The standard InChI is InChI=1S/C17H15BrClN3O4/c1-10-5-11(2)17(13(18)6-10)26-9-16(23)21-20-8-12-3-4-14(19)15(7-12)22(24)25/h3-8H,9H2,1-2H3,(H,21,23). The fraction of sp³-hybridized carbons (Fsp3) is 0.176. The number of amides is 1. The van der Waals surface area contributed by atoms with Crippen LogP contribution in [-0.2, 0) is 4.79 Å². The molecule has 1 amide bonds. The van der Waals surface area contributed by atoms with Gasteiger partial charge in [-0.15, -0.1) is 0 Å². The number of carbonyl (C=O) groups is 1. The first kappa shape index (κ1) is 19.9. The Hall–Kier alpha value is -2.45. The summed E-state index contributed by atoms with van der Waals surface area (Å²) in [6.07, 6.45) is 1.29. The lowest BCUT2D eigenvalue weighted by atomic mass is 10.1. The van der Waals surface area contributed by atoms with Crippen LogP contribution in [-0.4, -0.2) is 23.7 Å². The van der Waals surface area contributed by atoms with Crippen LogP contribution in [0.4, 0.5) is 5.69 Å². The molecule has 0 heterocycles. The maximum absolute atomic E-state index is 11.8. The van der Waals surface area contributed by atoms with Crippen molar-refractivity contribution in [2.45, 2.75) is 13.8 Å². The number of carbonyl (C=O) groups excluding carboxylic acids is 1. The Morgan fingerprint density at radius 1 is 1.38 bits per heavy atom. The Morgan fingerprint density at radius 2 is 2.12 bits per heavy atom. The van der Waals surface area contributed by atoms with Gasteiger partial charge < -0.3 is 4.74 Å². The van der Waals surface area contributed by atoms with Gasteiger partial charge >= 0.3 is 0 Å². The molecule has 136 valence electrons. The topological polar surface area (TPSA) is 93.8 Å². The Labute approximate surface area is 163 Å². The van der Waals surface area contributed by atoms with E-state index in [0.29, 0.717) is 11.3 Å². The predicted octanol–water partition coefficient (Wildman–Crippen LogP) is 4.16. The lowest BCUT2D eigenvalue weighted by Gasteiger charge is -2.11. The van der Waals surface area contributed by atoms with Gasteiger partial charge in [0.05, 0.1) is 15.6 Å². The van der Waals surface area contributed by atoms with Gasteiger partial charge in [0, 0.05) is 11.6 Å². The van der Waals surface area contributed by atoms with Gasteiger partial charge in [-0.25, -0.2) is 5.43 Å². The molecule has 7 nitrogen and oxygen atoms in total. The van der Waals surface area contributed by atoms with E-state index in [-0.39, 0.29) is 17.3 Å². The van der Waals surface area contributed by atoms with Crippen LogP contribution < -0.4 is 10.2 Å². The van der Waals surface area contributed by atoms with Gasteiger partial charge in [-0.2, -0.15) is 5.10 Å². The molecule has 2 aromatic carbocycles. The molecular weight excluding hydrogens is 426 g/mol. The average Bonchev–Trinajstić information content (AvgIpc) is 2.55. The molecule has 9 heteroatoms. The van der Waals surface area contributed by atoms with Crippen LogP contribution in [0.15, 0.2) is 39.9 Å². The van der Waals surface area contributed by atoms with Crippen LogP contribution in [0.5, 0.6) is 5.75 Å². The highest BCUT2D eigenvalue weighted by Crippen LogP contribution is 2.30. The number of hydrogen-bond acceptors (Lipinski definition) is 5. The predicted molar refractivity (Wildman–Crippen MR) is 103 cm³/mol. The third-order valence-corrected chi connectivity index (χ3v) is 4.20. The Kier molecular flexibility index (Phi) is 6.70. The van der Waals surface area contributed by atoms with Crippen LogP contribution in [0.3, 0.4) is 0 Å². The second kappa shape index (κ2) is 8.77. The number of rotatable bonds is 6. The van der Waals surface area contributed by atoms with Gasteiger partial charge in [0.15, 0.2) is 6.61 Å². The first-order valence-corrected chi connectivity index (χ1v) is 8.60. The minimum atomic E-state index is -0.589. The molecule has 1 N–H and O–H groups in total. The zero-order chi connectivity index (χ0) is 19.3. The van der Waals surface area contributed by atoms with Crippen LogP contribution in [0.2, 0.25) is 5.02 Å². The van der Waals surface area contributed by atoms with Crippen LogP contribution >= 0.6 is 27.5 Å². The van der Waals surface area contributed by atoms with E-state index in [9.17, 15) is 14.9 Å². The fourth-order valence-corrected chi connectivity index (χ4v) is 3.16. The molecule has 0 aromatic heterocycles. The van der Waals surface area contributed by atoms with Crippen molar-refractivity contribution in [1.29, 1.82) is 0 Å². The first-order chi connectivity index (χ1) is 12.3. The van der Waals surface area contributed by atoms with Gasteiger partial charge in [-0.1, -0.05) is 23.7 Å². The molecule has 0 saturated heterocycles. The number of nitrogens with zero attached hydrogens (tertiary/aromatic N) is 2. The lowest BCUT2D eigenvalue weighted by molar-refractivity contribution is -0.384. The monoisotopic (exact) mass is 439 g/mol. The molecule has 0 aliphatic heterocycles. The van der Waals surface area contributed by atoms with Gasteiger partial charge in [0.2, 0.25) is 0 Å². The maximum Gasteiger partial charge on any atom is 0.288 e. The lowest BCUT2D eigenvalue weighted by Crippen LogP contribution is -2.24. The van der Waals surface area contributed by atoms with Crippen molar-refractivity contribution in [3.63, 3.8) is 0 Å². The van der Waals surface area contributed by atoms with Gasteiger partial charge in [-0.05, 0) is 53.0 Å². The second-order valence-electron chi connectivity index (χ2n) is 5.44. The molecule has 0 bridgehead atoms. The minimum Gasteiger partial charge on any atom is -0.482 e. The number of ether oxygens (including phenoxy) is 1. The third-order valence-electron chi connectivity index (χ3n) is 3.29. The molecule has 2 rings (SSSR count). The zero-order valence-electron chi connectivity index (χ0n) is 14.0. The Bertz CT molecular complexity index is 863. The molecule has 0 atom stereocenters. The van der Waals surface area contributed by atoms with Crippen LogP contribution in [0, 0.1) is 24.0 Å². The summed E-state index contributed by atoms with van der Waals surface area (Å²) in [5.74, 6) is 0.125. The summed E-state index contributed by atoms with van der Waals surface area (Å²) < 4.78 is 6.28. The highest BCUT2D eigenvalue weighted by molar-refractivity contribution is 9.10. The van der Waals surface area contributed by atoms with Crippen molar-refractivity contribution in [2.75, 3.05) is 6.61 Å². The van der Waals surface area contributed by atoms with Crippen molar-refractivity contribution in [2.24, 2.45) is 5.10 Å². The summed E-state index contributed by atoms with van der Waals surface area (Å²) >= 11 is 9.14. The van der Waals surface area contributed by atoms with Gasteiger partial charge in [-0.3, -0.25) is 14.9 Å². The van der Waals surface area contributed by atoms with Crippen LogP contribution in [0.25, 0.3) is 0 Å². The first-order valence-electron chi connectivity index (χ1n) is 7.43. The molecule has 0 unspecified atom stereocenters. The number of aryl methyl sites for hydroxylation is 2. The molecule has 0 radical (unpaired) electrons. The van der Waals surface area contributed by atoms with E-state index in [0.717, 1.165) is 15.6 Å². The van der Waals surface area contributed by atoms with E-state index < -0.39 is 10.8 Å². The molecule has 26 heavy (non-hydrogen) atoms. The summed E-state index contributed by atoms with van der Waals surface area (Å²) in [6, 6.07) is 8.05. The van der Waals surface area contributed by atoms with Crippen molar-refractivity contribution >= 4 is 45.3 Å². The number of nitro groups is 1. The average molecular weight is 441 g/mol. The zero-order valence-corrected chi connectivity index (χ0v) is 16.3. The van der Waals surface area contributed by atoms with Gasteiger partial charge in [0.25, 0.3) is 11.6 Å². The number of benzene rings is 2. The quantitative estimate of drug-likeness (QED) is 0.415. The molecule has 0 spiro atoms. The number of halogens is 2. The van der Waals surface area contributed by atoms with E-state index in [1.807, 2.05) is 26.0 Å². The smallest absolute Gasteiger partial charge is 0.288 e. The number of nitrogens with one attached hydrogen (secondary N) is 1. The summed E-state index contributed by atoms with van der Waals surface area (Å²) in [4.78, 5) is 22.1. The molecule has 0 fully saturated rings. The van der Waals surface area contributed by atoms with Gasteiger partial charge in [0.1, 0.15) is 10.8 Å². The molecule has 0 aliphatic rings. The summed E-state index contributed by atoms with van der Waals surface area (Å²) in [5, 5.41) is 14.6. The van der Waals surface area contributed by atoms with E-state index in [1.54, 1.807) is 6.07 Å². The number of hydrogen-bond donors (Lipinski definition) is 1. The molecule has 0 saturated carbocycles. The van der Waals surface area contributed by atoms with Crippen molar-refractivity contribution in [1.82, 2.24) is 5.43 Å². The second-order valence-corrected chi connectivity index (χ2v) is 6.70. The fourth-order valence-electron chi connectivity index (χ4n) is 2.18. The maximum atomic E-state index is 11.8. The summed E-state index contributed by atoms with van der Waals surface area (Å²) in [6.45, 7) is 3.63. The Balaban J connectivity index is 1.94. The normalized spacial score (nSPS) is 10.8. The minimum absolute atomic E-state index is 0.0311. The third kappa shape index (κ3) is 5.27.